The van der Waals surface area contributed by atoms with Gasteiger partial charge in [0.1, 0.15) is 0 Å². The first-order valence-corrected chi connectivity index (χ1v) is 23.5. The van der Waals surface area contributed by atoms with Gasteiger partial charge >= 0.3 is 0 Å². The number of hydrogen-bond donors (Lipinski definition) is 1. The third-order valence-electron chi connectivity index (χ3n) is 14.1. The number of hydrogen-bond acceptors (Lipinski definition) is 3. The number of rotatable bonds is 7. The van der Waals surface area contributed by atoms with Crippen LogP contribution < -0.4 is 10.2 Å². The second kappa shape index (κ2) is 16.4. The molecule has 2 atom stereocenters. The van der Waals surface area contributed by atoms with Crippen LogP contribution in [0.5, 0.6) is 0 Å². The fraction of sp³-hybridized carbons (Fsp3) is 0.0469. The summed E-state index contributed by atoms with van der Waals surface area (Å²) in [7, 11) is 0. The highest BCUT2D eigenvalue weighted by Gasteiger charge is 2.51. The molecule has 0 fully saturated rings. The van der Waals surface area contributed by atoms with Crippen LogP contribution in [0.25, 0.3) is 49.8 Å². The van der Waals surface area contributed by atoms with Crippen molar-refractivity contribution in [1.29, 1.82) is 0 Å². The van der Waals surface area contributed by atoms with Crippen LogP contribution in [0.1, 0.15) is 51.3 Å². The second-order valence-electron chi connectivity index (χ2n) is 17.9. The molecular weight excluding hydrogens is 825 g/mol. The molecule has 3 aliphatic rings. The van der Waals surface area contributed by atoms with Crippen molar-refractivity contribution in [3.63, 3.8) is 0 Å². The first-order chi connectivity index (χ1) is 33.7. The maximum Gasteiger partial charge on any atom is 0.0754 e. The van der Waals surface area contributed by atoms with E-state index in [2.05, 4.69) is 265 Å². The van der Waals surface area contributed by atoms with Gasteiger partial charge in [0.25, 0.3) is 0 Å². The van der Waals surface area contributed by atoms with Gasteiger partial charge in [0.15, 0.2) is 0 Å². The number of aliphatic imine (C=N–C) groups is 1. The molecule has 1 spiro atoms. The minimum absolute atomic E-state index is 0.292. The van der Waals surface area contributed by atoms with Crippen LogP contribution in [0.3, 0.4) is 0 Å². The maximum absolute atomic E-state index is 5.30. The number of nitrogens with one attached hydrogen (secondary N) is 1. The molecule has 1 N–H and O–H groups in total. The van der Waals surface area contributed by atoms with E-state index in [1.807, 2.05) is 0 Å². The van der Waals surface area contributed by atoms with Gasteiger partial charge in [-0.3, -0.25) is 0 Å². The molecule has 0 saturated carbocycles. The first-order valence-electron chi connectivity index (χ1n) is 23.5. The molecule has 2 aliphatic heterocycles. The van der Waals surface area contributed by atoms with Crippen molar-refractivity contribution < 1.29 is 0 Å². The maximum atomic E-state index is 5.30. The van der Waals surface area contributed by atoms with Crippen LogP contribution in [0.15, 0.2) is 260 Å². The first kappa shape index (κ1) is 39.8. The number of nitrogens with zero attached hydrogens (tertiary/aromatic N) is 3. The van der Waals surface area contributed by atoms with E-state index < -0.39 is 5.41 Å². The SMILES string of the molecule is c1ccc(-c2ccc(C3N=C(c4ccc(-c5ccc6c(c5)C5(c7ccccc7-6)c6ccccc6N(c6ccccc6)c6ccccc65)cc4)[N-]C(c4ccc(-c5ccccc5)cc4)N3)cc2)cc1. The van der Waals surface area contributed by atoms with E-state index in [1.54, 1.807) is 0 Å². The molecule has 0 aromatic heterocycles. The van der Waals surface area contributed by atoms with E-state index in [0.717, 1.165) is 33.8 Å². The fourth-order valence-corrected chi connectivity index (χ4v) is 10.9. The Kier molecular flexibility index (Phi) is 9.59. The van der Waals surface area contributed by atoms with Crippen LogP contribution >= 0.6 is 0 Å². The Labute approximate surface area is 397 Å². The Balaban J connectivity index is 0.885. The smallest absolute Gasteiger partial charge is 0.0754 e. The summed E-state index contributed by atoms with van der Waals surface area (Å²) in [5, 5.41) is 9.07. The third kappa shape index (κ3) is 6.52. The lowest BCUT2D eigenvalue weighted by molar-refractivity contribution is 0.488. The summed E-state index contributed by atoms with van der Waals surface area (Å²) < 4.78 is 0. The molecule has 0 amide bonds. The van der Waals surface area contributed by atoms with Crippen molar-refractivity contribution >= 4 is 22.9 Å². The van der Waals surface area contributed by atoms with Crippen molar-refractivity contribution in [3.8, 4) is 44.5 Å². The Morgan fingerprint density at radius 2 is 0.809 bits per heavy atom. The third-order valence-corrected chi connectivity index (χ3v) is 14.1. The molecule has 0 bridgehead atoms. The second-order valence-corrected chi connectivity index (χ2v) is 17.9. The predicted molar refractivity (Wildman–Crippen MR) is 280 cm³/mol. The van der Waals surface area contributed by atoms with Gasteiger partial charge in [0.05, 0.1) is 16.8 Å². The molecule has 13 rings (SSSR count). The zero-order valence-electron chi connectivity index (χ0n) is 37.2. The van der Waals surface area contributed by atoms with Crippen LogP contribution in [0.4, 0.5) is 17.1 Å². The number of para-hydroxylation sites is 3. The Morgan fingerprint density at radius 3 is 1.43 bits per heavy atom. The number of amidine groups is 1. The summed E-state index contributed by atoms with van der Waals surface area (Å²) in [5.74, 6) is 0.728. The summed E-state index contributed by atoms with van der Waals surface area (Å²) in [6, 6.07) is 92.2. The highest BCUT2D eigenvalue weighted by atomic mass is 15.3. The number of benzene rings is 10. The summed E-state index contributed by atoms with van der Waals surface area (Å²) in [6.45, 7) is 0. The van der Waals surface area contributed by atoms with Crippen molar-refractivity contribution in [1.82, 2.24) is 5.32 Å². The van der Waals surface area contributed by atoms with Gasteiger partial charge in [0, 0.05) is 18.0 Å². The summed E-state index contributed by atoms with van der Waals surface area (Å²) in [6.07, 6.45) is -0.584. The summed E-state index contributed by atoms with van der Waals surface area (Å²) >= 11 is 0. The quantitative estimate of drug-likeness (QED) is 0.173. The van der Waals surface area contributed by atoms with E-state index in [4.69, 9.17) is 10.3 Å². The molecule has 4 nitrogen and oxygen atoms in total. The Hall–Kier alpha value is -8.57. The van der Waals surface area contributed by atoms with Crippen molar-refractivity contribution in [2.75, 3.05) is 4.90 Å². The van der Waals surface area contributed by atoms with E-state index in [1.165, 1.54) is 72.6 Å². The van der Waals surface area contributed by atoms with Gasteiger partial charge in [-0.1, -0.05) is 230 Å². The molecule has 10 aromatic rings. The molecule has 0 radical (unpaired) electrons. The van der Waals surface area contributed by atoms with E-state index >= 15 is 0 Å². The lowest BCUT2D eigenvalue weighted by atomic mass is 9.64. The van der Waals surface area contributed by atoms with Gasteiger partial charge in [-0.15, -0.1) is 0 Å². The topological polar surface area (TPSA) is 41.7 Å². The number of fused-ring (bicyclic) bond motifs is 9. The average molecular weight is 870 g/mol. The van der Waals surface area contributed by atoms with Crippen LogP contribution in [0, 0.1) is 0 Å². The van der Waals surface area contributed by atoms with Gasteiger partial charge in [0.2, 0.25) is 0 Å². The summed E-state index contributed by atoms with van der Waals surface area (Å²) in [4.78, 5) is 7.73. The van der Waals surface area contributed by atoms with E-state index in [9.17, 15) is 0 Å². The highest BCUT2D eigenvalue weighted by Crippen LogP contribution is 2.63. The molecule has 4 heteroatoms. The monoisotopic (exact) mass is 869 g/mol. The van der Waals surface area contributed by atoms with Crippen LogP contribution in [0.2, 0.25) is 0 Å². The van der Waals surface area contributed by atoms with Crippen molar-refractivity contribution in [3.05, 3.63) is 299 Å². The number of anilines is 3. The highest BCUT2D eigenvalue weighted by molar-refractivity contribution is 6.09. The van der Waals surface area contributed by atoms with Gasteiger partial charge in [-0.05, 0) is 114 Å². The predicted octanol–water partition coefficient (Wildman–Crippen LogP) is 16.0. The molecule has 10 aromatic carbocycles. The minimum Gasteiger partial charge on any atom is -0.445 e. The zero-order chi connectivity index (χ0) is 45.0. The molecule has 68 heavy (non-hydrogen) atoms. The molecule has 322 valence electrons. The Morgan fingerprint density at radius 1 is 0.368 bits per heavy atom. The largest absolute Gasteiger partial charge is 0.445 e. The molecule has 0 saturated heterocycles. The lowest BCUT2D eigenvalue weighted by Crippen LogP contribution is -2.36. The van der Waals surface area contributed by atoms with Gasteiger partial charge in [-0.2, -0.15) is 0 Å². The summed E-state index contributed by atoms with van der Waals surface area (Å²) in [5.41, 5.74) is 20.9. The van der Waals surface area contributed by atoms with Crippen molar-refractivity contribution in [2.45, 2.75) is 17.7 Å². The minimum atomic E-state index is -0.522. The van der Waals surface area contributed by atoms with Gasteiger partial charge in [-0.25, -0.2) is 0 Å². The van der Waals surface area contributed by atoms with Gasteiger partial charge < -0.3 is 20.5 Å². The van der Waals surface area contributed by atoms with E-state index in [-0.39, 0.29) is 12.3 Å². The average Bonchev–Trinajstić information content (AvgIpc) is 3.71. The standard InChI is InChI=1S/C64H45N4/c1-4-16-43(17-5-1)45-28-34-48(35-29-45)61-65-62(49-36-30-46(31-37-49)44-18-6-2-7-19-44)67-63(66-61)50-38-32-47(33-39-50)51-40-41-54-53-22-10-11-23-55(53)64(58(54)42-51)56-24-12-14-26-59(56)68(52-20-8-3-9-21-52)60-27-15-13-25-57(60)64/h1-42,61-62,65H/q-1. The lowest BCUT2D eigenvalue weighted by Gasteiger charge is -2.45. The van der Waals surface area contributed by atoms with E-state index in [0.29, 0.717) is 0 Å². The van der Waals surface area contributed by atoms with Crippen LogP contribution in [-0.2, 0) is 5.41 Å². The normalized spacial score (nSPS) is 16.2. The fourth-order valence-electron chi connectivity index (χ4n) is 10.9. The molecule has 2 heterocycles. The van der Waals surface area contributed by atoms with Crippen LogP contribution in [-0.4, -0.2) is 5.84 Å². The molecule has 1 aliphatic carbocycles. The molecule has 2 unspecified atom stereocenters. The Bertz CT molecular complexity index is 3440. The zero-order valence-corrected chi connectivity index (χ0v) is 37.2. The molecular formula is C64H45N4-. The van der Waals surface area contributed by atoms with Crippen molar-refractivity contribution in [2.24, 2.45) is 4.99 Å².